The minimum absolute atomic E-state index is 0.190. The van der Waals surface area contributed by atoms with Crippen molar-refractivity contribution >= 4 is 29.4 Å². The number of hydrogen-bond acceptors (Lipinski definition) is 4. The van der Waals surface area contributed by atoms with E-state index in [0.29, 0.717) is 28.1 Å². The Morgan fingerprint density at radius 2 is 1.80 bits per heavy atom. The number of likely N-dealkylation sites (N-methyl/N-ethyl adjacent to an activating group) is 1. The lowest BCUT2D eigenvalue weighted by molar-refractivity contribution is -0.121. The van der Waals surface area contributed by atoms with E-state index in [1.807, 2.05) is 24.3 Å². The van der Waals surface area contributed by atoms with Crippen LogP contribution in [0.5, 0.6) is 11.5 Å². The highest BCUT2D eigenvalue weighted by Crippen LogP contribution is 2.30. The molecule has 1 aliphatic rings. The smallest absolute Gasteiger partial charge is 0.277 e. The van der Waals surface area contributed by atoms with E-state index in [9.17, 15) is 4.79 Å². The first-order valence-corrected chi connectivity index (χ1v) is 7.98. The summed E-state index contributed by atoms with van der Waals surface area (Å²) in [7, 11) is 4.82. The third kappa shape index (κ3) is 3.23. The Hall–Kier alpha value is -2.79. The zero-order valence-electron chi connectivity index (χ0n) is 14.1. The Bertz CT molecular complexity index is 890. The number of rotatable bonds is 4. The number of nitrogens with zero attached hydrogens (tertiary/aromatic N) is 2. The second kappa shape index (κ2) is 6.99. The van der Waals surface area contributed by atoms with Gasteiger partial charge in [0.2, 0.25) is 0 Å². The normalized spacial score (nSPS) is 15.5. The van der Waals surface area contributed by atoms with E-state index in [-0.39, 0.29) is 5.91 Å². The maximum atomic E-state index is 12.5. The van der Waals surface area contributed by atoms with Gasteiger partial charge < -0.3 is 9.47 Å². The summed E-state index contributed by atoms with van der Waals surface area (Å²) in [6.45, 7) is 0. The lowest BCUT2D eigenvalue weighted by Gasteiger charge is -2.12. The fourth-order valence-corrected chi connectivity index (χ4v) is 2.80. The SMILES string of the molecule is COc1ccc(C=C2N=C(c3ccccc3Cl)N(C)C2=O)cc1OC. The molecule has 3 rings (SSSR count). The Labute approximate surface area is 151 Å². The van der Waals surface area contributed by atoms with E-state index in [4.69, 9.17) is 21.1 Å². The molecule has 2 aromatic carbocycles. The van der Waals surface area contributed by atoms with Gasteiger partial charge in [-0.25, -0.2) is 4.99 Å². The van der Waals surface area contributed by atoms with Gasteiger partial charge in [-0.3, -0.25) is 9.69 Å². The molecular formula is C19H17ClN2O3. The molecule has 2 aromatic rings. The number of aliphatic imine (C=N–C) groups is 1. The average molecular weight is 357 g/mol. The Morgan fingerprint density at radius 3 is 2.48 bits per heavy atom. The summed E-state index contributed by atoms with van der Waals surface area (Å²) in [4.78, 5) is 18.5. The topological polar surface area (TPSA) is 51.1 Å². The largest absolute Gasteiger partial charge is 0.493 e. The molecular weight excluding hydrogens is 340 g/mol. The fourth-order valence-electron chi connectivity index (χ4n) is 2.58. The van der Waals surface area contributed by atoms with Crippen molar-refractivity contribution in [1.82, 2.24) is 4.90 Å². The number of ether oxygens (including phenoxy) is 2. The molecule has 0 saturated carbocycles. The van der Waals surface area contributed by atoms with Gasteiger partial charge in [0.25, 0.3) is 5.91 Å². The van der Waals surface area contributed by atoms with Gasteiger partial charge in [0.1, 0.15) is 11.5 Å². The molecule has 0 saturated heterocycles. The Kier molecular flexibility index (Phi) is 4.76. The summed E-state index contributed by atoms with van der Waals surface area (Å²) >= 11 is 6.23. The van der Waals surface area contributed by atoms with Crippen LogP contribution in [-0.2, 0) is 4.79 Å². The van der Waals surface area contributed by atoms with Gasteiger partial charge >= 0.3 is 0 Å². The minimum atomic E-state index is -0.190. The monoisotopic (exact) mass is 356 g/mol. The molecule has 5 nitrogen and oxygen atoms in total. The molecule has 25 heavy (non-hydrogen) atoms. The highest BCUT2D eigenvalue weighted by atomic mass is 35.5. The number of carbonyl (C=O) groups excluding carboxylic acids is 1. The number of amides is 1. The fraction of sp³-hybridized carbons (Fsp3) is 0.158. The Morgan fingerprint density at radius 1 is 1.08 bits per heavy atom. The number of hydrogen-bond donors (Lipinski definition) is 0. The van der Waals surface area contributed by atoms with E-state index in [1.165, 1.54) is 4.90 Å². The third-order valence-corrected chi connectivity index (χ3v) is 4.22. The average Bonchev–Trinajstić information content (AvgIpc) is 2.90. The van der Waals surface area contributed by atoms with Crippen molar-refractivity contribution in [3.8, 4) is 11.5 Å². The lowest BCUT2D eigenvalue weighted by Crippen LogP contribution is -2.28. The van der Waals surface area contributed by atoms with Gasteiger partial charge in [-0.2, -0.15) is 0 Å². The summed E-state index contributed by atoms with van der Waals surface area (Å²) < 4.78 is 10.5. The molecule has 1 aliphatic heterocycles. The van der Waals surface area contributed by atoms with Crippen molar-refractivity contribution in [3.05, 3.63) is 64.3 Å². The molecule has 1 heterocycles. The van der Waals surface area contributed by atoms with Crippen molar-refractivity contribution in [3.63, 3.8) is 0 Å². The van der Waals surface area contributed by atoms with E-state index in [2.05, 4.69) is 4.99 Å². The summed E-state index contributed by atoms with van der Waals surface area (Å²) in [5.74, 6) is 1.55. The second-order valence-electron chi connectivity index (χ2n) is 5.42. The third-order valence-electron chi connectivity index (χ3n) is 3.89. The van der Waals surface area contributed by atoms with E-state index >= 15 is 0 Å². The summed E-state index contributed by atoms with van der Waals surface area (Å²) in [5, 5.41) is 0.549. The summed E-state index contributed by atoms with van der Waals surface area (Å²) in [6, 6.07) is 12.7. The van der Waals surface area contributed by atoms with Crippen molar-refractivity contribution in [2.24, 2.45) is 4.99 Å². The number of methoxy groups -OCH3 is 2. The van der Waals surface area contributed by atoms with Crippen LogP contribution in [0.2, 0.25) is 5.02 Å². The van der Waals surface area contributed by atoms with Crippen LogP contribution in [0.15, 0.2) is 53.2 Å². The Balaban J connectivity index is 2.01. The number of amidine groups is 1. The quantitative estimate of drug-likeness (QED) is 0.786. The first-order chi connectivity index (χ1) is 12.0. The predicted molar refractivity (Wildman–Crippen MR) is 98.3 cm³/mol. The molecule has 1 amide bonds. The molecule has 0 N–H and O–H groups in total. The second-order valence-corrected chi connectivity index (χ2v) is 5.83. The van der Waals surface area contributed by atoms with E-state index in [0.717, 1.165) is 11.1 Å². The van der Waals surface area contributed by atoms with Crippen LogP contribution >= 0.6 is 11.6 Å². The van der Waals surface area contributed by atoms with Crippen LogP contribution < -0.4 is 9.47 Å². The van der Waals surface area contributed by atoms with Gasteiger partial charge in [0.15, 0.2) is 11.5 Å². The first kappa shape index (κ1) is 17.0. The molecule has 128 valence electrons. The van der Waals surface area contributed by atoms with Gasteiger partial charge in [-0.1, -0.05) is 29.8 Å². The molecule has 0 spiro atoms. The van der Waals surface area contributed by atoms with Gasteiger partial charge in [0.05, 0.1) is 19.2 Å². The van der Waals surface area contributed by atoms with Crippen molar-refractivity contribution in [1.29, 1.82) is 0 Å². The first-order valence-electron chi connectivity index (χ1n) is 7.60. The van der Waals surface area contributed by atoms with E-state index in [1.54, 1.807) is 45.5 Å². The summed E-state index contributed by atoms with van der Waals surface area (Å²) in [5.41, 5.74) is 1.85. The van der Waals surface area contributed by atoms with Gasteiger partial charge in [-0.15, -0.1) is 0 Å². The van der Waals surface area contributed by atoms with Crippen LogP contribution in [0.3, 0.4) is 0 Å². The minimum Gasteiger partial charge on any atom is -0.493 e. The molecule has 6 heteroatoms. The van der Waals surface area contributed by atoms with Crippen molar-refractivity contribution in [2.75, 3.05) is 21.3 Å². The lowest BCUT2D eigenvalue weighted by atomic mass is 10.1. The standard InChI is InChI=1S/C19H17ClN2O3/c1-22-18(13-6-4-5-7-14(13)20)21-15(19(22)23)10-12-8-9-16(24-2)17(11-12)25-3/h4-11H,1-3H3. The highest BCUT2D eigenvalue weighted by molar-refractivity contribution is 6.35. The molecule has 0 aromatic heterocycles. The van der Waals surface area contributed by atoms with Crippen LogP contribution in [0.1, 0.15) is 11.1 Å². The summed E-state index contributed by atoms with van der Waals surface area (Å²) in [6.07, 6.45) is 1.71. The molecule has 0 bridgehead atoms. The zero-order chi connectivity index (χ0) is 18.0. The van der Waals surface area contributed by atoms with Crippen molar-refractivity contribution in [2.45, 2.75) is 0 Å². The van der Waals surface area contributed by atoms with Crippen LogP contribution in [-0.4, -0.2) is 37.9 Å². The van der Waals surface area contributed by atoms with Gasteiger partial charge in [0, 0.05) is 12.6 Å². The molecule has 0 aliphatic carbocycles. The van der Waals surface area contributed by atoms with Gasteiger partial charge in [-0.05, 0) is 35.9 Å². The molecule has 0 fully saturated rings. The molecule has 0 atom stereocenters. The van der Waals surface area contributed by atoms with Crippen LogP contribution in [0.4, 0.5) is 0 Å². The maximum Gasteiger partial charge on any atom is 0.277 e. The number of benzene rings is 2. The molecule has 0 unspecified atom stereocenters. The zero-order valence-corrected chi connectivity index (χ0v) is 14.9. The predicted octanol–water partition coefficient (Wildman–Crippen LogP) is 3.62. The maximum absolute atomic E-state index is 12.5. The van der Waals surface area contributed by atoms with Crippen LogP contribution in [0, 0.1) is 0 Å². The van der Waals surface area contributed by atoms with Crippen LogP contribution in [0.25, 0.3) is 6.08 Å². The molecule has 0 radical (unpaired) electrons. The highest BCUT2D eigenvalue weighted by Gasteiger charge is 2.28. The van der Waals surface area contributed by atoms with E-state index < -0.39 is 0 Å². The van der Waals surface area contributed by atoms with Crippen molar-refractivity contribution < 1.29 is 14.3 Å². The number of halogens is 1. The number of carbonyl (C=O) groups is 1.